The van der Waals surface area contributed by atoms with Crippen LogP contribution in [0.1, 0.15) is 25.5 Å². The highest BCUT2D eigenvalue weighted by atomic mass is 16.5. The van der Waals surface area contributed by atoms with Gasteiger partial charge in [-0.05, 0) is 18.5 Å². The van der Waals surface area contributed by atoms with Gasteiger partial charge in [0, 0.05) is 13.2 Å². The summed E-state index contributed by atoms with van der Waals surface area (Å²) in [6.45, 7) is 6.00. The maximum absolute atomic E-state index is 5.87. The molecular weight excluding hydrogens is 186 g/mol. The number of rotatable bonds is 6. The van der Waals surface area contributed by atoms with Crippen molar-refractivity contribution in [2.75, 3.05) is 20.2 Å². The van der Waals surface area contributed by atoms with Gasteiger partial charge in [0.15, 0.2) is 0 Å². The van der Waals surface area contributed by atoms with Crippen molar-refractivity contribution < 1.29 is 4.74 Å². The molecule has 1 aromatic carbocycles. The molecule has 0 saturated carbocycles. The quantitative estimate of drug-likeness (QED) is 0.774. The Morgan fingerprint density at radius 1 is 1.20 bits per heavy atom. The largest absolute Gasteiger partial charge is 0.372 e. The lowest BCUT2D eigenvalue weighted by Gasteiger charge is -2.19. The molecule has 84 valence electrons. The van der Waals surface area contributed by atoms with Gasteiger partial charge < -0.3 is 10.1 Å². The highest BCUT2D eigenvalue weighted by Gasteiger charge is 2.10. The molecule has 0 spiro atoms. The van der Waals surface area contributed by atoms with Gasteiger partial charge in [0.1, 0.15) is 0 Å². The molecule has 1 unspecified atom stereocenters. The third-order valence-corrected chi connectivity index (χ3v) is 2.19. The average Bonchev–Trinajstić information content (AvgIpc) is 2.25. The second-order valence-corrected chi connectivity index (χ2v) is 4.18. The summed E-state index contributed by atoms with van der Waals surface area (Å²) in [5, 5.41) is 3.17. The number of nitrogens with one attached hydrogen (secondary N) is 1. The molecule has 0 aromatic heterocycles. The number of likely N-dealkylation sites (N-methyl/N-ethyl adjacent to an activating group) is 1. The topological polar surface area (TPSA) is 21.3 Å². The van der Waals surface area contributed by atoms with E-state index in [1.165, 1.54) is 5.56 Å². The predicted molar refractivity (Wildman–Crippen MR) is 63.9 cm³/mol. The van der Waals surface area contributed by atoms with Gasteiger partial charge in [-0.15, -0.1) is 0 Å². The minimum absolute atomic E-state index is 0.165. The van der Waals surface area contributed by atoms with Crippen LogP contribution in [0.25, 0.3) is 0 Å². The molecule has 1 aromatic rings. The second kappa shape index (κ2) is 6.59. The summed E-state index contributed by atoms with van der Waals surface area (Å²) < 4.78 is 5.87. The summed E-state index contributed by atoms with van der Waals surface area (Å²) in [7, 11) is 1.95. The molecule has 0 heterocycles. The van der Waals surface area contributed by atoms with Crippen molar-refractivity contribution in [1.82, 2.24) is 5.32 Å². The van der Waals surface area contributed by atoms with Crippen LogP contribution in [0, 0.1) is 5.92 Å². The van der Waals surface area contributed by atoms with Crippen molar-refractivity contribution in [3.05, 3.63) is 35.9 Å². The van der Waals surface area contributed by atoms with Gasteiger partial charge in [0.2, 0.25) is 0 Å². The molecule has 2 heteroatoms. The van der Waals surface area contributed by atoms with Gasteiger partial charge in [0.05, 0.1) is 6.10 Å². The first kappa shape index (κ1) is 12.2. The van der Waals surface area contributed by atoms with Crippen molar-refractivity contribution >= 4 is 0 Å². The highest BCUT2D eigenvalue weighted by molar-refractivity contribution is 5.17. The Morgan fingerprint density at radius 2 is 1.87 bits per heavy atom. The first-order valence-corrected chi connectivity index (χ1v) is 5.55. The van der Waals surface area contributed by atoms with E-state index in [4.69, 9.17) is 4.74 Å². The molecule has 2 nitrogen and oxygen atoms in total. The van der Waals surface area contributed by atoms with Crippen molar-refractivity contribution in [2.45, 2.75) is 20.0 Å². The third kappa shape index (κ3) is 4.45. The predicted octanol–water partition coefficient (Wildman–Crippen LogP) is 2.62. The maximum Gasteiger partial charge on any atom is 0.0949 e. The average molecular weight is 207 g/mol. The van der Waals surface area contributed by atoms with Crippen LogP contribution in [0.15, 0.2) is 30.3 Å². The van der Waals surface area contributed by atoms with Crippen molar-refractivity contribution in [2.24, 2.45) is 5.92 Å². The van der Waals surface area contributed by atoms with Crippen LogP contribution in [-0.4, -0.2) is 20.2 Å². The highest BCUT2D eigenvalue weighted by Crippen LogP contribution is 2.16. The Balaban J connectivity index is 2.57. The number of ether oxygens (including phenoxy) is 1. The Hall–Kier alpha value is -0.860. The van der Waals surface area contributed by atoms with Crippen molar-refractivity contribution in [3.63, 3.8) is 0 Å². The molecule has 15 heavy (non-hydrogen) atoms. The molecule has 1 atom stereocenters. The molecule has 0 fully saturated rings. The van der Waals surface area contributed by atoms with E-state index in [0.29, 0.717) is 5.92 Å². The van der Waals surface area contributed by atoms with E-state index in [1.807, 2.05) is 13.1 Å². The van der Waals surface area contributed by atoms with Crippen LogP contribution in [0.5, 0.6) is 0 Å². The van der Waals surface area contributed by atoms with Gasteiger partial charge in [-0.3, -0.25) is 0 Å². The van der Waals surface area contributed by atoms with E-state index in [9.17, 15) is 0 Å². The lowest BCUT2D eigenvalue weighted by molar-refractivity contribution is 0.0363. The number of hydrogen-bond donors (Lipinski definition) is 1. The van der Waals surface area contributed by atoms with Crippen LogP contribution in [-0.2, 0) is 4.74 Å². The molecule has 1 N–H and O–H groups in total. The van der Waals surface area contributed by atoms with Gasteiger partial charge in [-0.1, -0.05) is 44.2 Å². The van der Waals surface area contributed by atoms with Crippen LogP contribution >= 0.6 is 0 Å². The Kier molecular flexibility index (Phi) is 5.37. The fourth-order valence-electron chi connectivity index (χ4n) is 1.43. The molecule has 0 aliphatic heterocycles. The van der Waals surface area contributed by atoms with Crippen LogP contribution in [0.3, 0.4) is 0 Å². The standard InChI is InChI=1S/C13H21NO/c1-11(2)10-15-13(9-14-3)12-7-5-4-6-8-12/h4-8,11,13-14H,9-10H2,1-3H3. The number of benzene rings is 1. The van der Waals surface area contributed by atoms with E-state index in [0.717, 1.165) is 13.2 Å². The third-order valence-electron chi connectivity index (χ3n) is 2.19. The normalized spacial score (nSPS) is 13.1. The lowest BCUT2D eigenvalue weighted by Crippen LogP contribution is -2.21. The van der Waals surface area contributed by atoms with Gasteiger partial charge in [-0.2, -0.15) is 0 Å². The van der Waals surface area contributed by atoms with E-state index in [-0.39, 0.29) is 6.10 Å². The Bertz CT molecular complexity index is 258. The zero-order chi connectivity index (χ0) is 11.1. The zero-order valence-corrected chi connectivity index (χ0v) is 9.86. The molecule has 0 aliphatic rings. The SMILES string of the molecule is CNCC(OCC(C)C)c1ccccc1. The van der Waals surface area contributed by atoms with E-state index in [1.54, 1.807) is 0 Å². The molecule has 0 amide bonds. The summed E-state index contributed by atoms with van der Waals surface area (Å²) in [5.74, 6) is 0.577. The fraction of sp³-hybridized carbons (Fsp3) is 0.538. The molecule has 0 bridgehead atoms. The van der Waals surface area contributed by atoms with Crippen LogP contribution < -0.4 is 5.32 Å². The monoisotopic (exact) mass is 207 g/mol. The zero-order valence-electron chi connectivity index (χ0n) is 9.86. The molecule has 0 saturated heterocycles. The van der Waals surface area contributed by atoms with Gasteiger partial charge in [-0.25, -0.2) is 0 Å². The smallest absolute Gasteiger partial charge is 0.0949 e. The molecule has 0 radical (unpaired) electrons. The van der Waals surface area contributed by atoms with E-state index in [2.05, 4.69) is 43.4 Å². The summed E-state index contributed by atoms with van der Waals surface area (Å²) in [6, 6.07) is 10.4. The number of hydrogen-bond acceptors (Lipinski definition) is 2. The summed E-state index contributed by atoms with van der Waals surface area (Å²) >= 11 is 0. The van der Waals surface area contributed by atoms with Crippen molar-refractivity contribution in [3.8, 4) is 0 Å². The van der Waals surface area contributed by atoms with Crippen LogP contribution in [0.2, 0.25) is 0 Å². The minimum Gasteiger partial charge on any atom is -0.372 e. The molecular formula is C13H21NO. The lowest BCUT2D eigenvalue weighted by atomic mass is 10.1. The molecule has 0 aliphatic carbocycles. The first-order valence-electron chi connectivity index (χ1n) is 5.55. The summed E-state index contributed by atoms with van der Waals surface area (Å²) in [4.78, 5) is 0. The second-order valence-electron chi connectivity index (χ2n) is 4.18. The maximum atomic E-state index is 5.87. The van der Waals surface area contributed by atoms with E-state index >= 15 is 0 Å². The Labute approximate surface area is 92.6 Å². The minimum atomic E-state index is 0.165. The summed E-state index contributed by atoms with van der Waals surface area (Å²) in [5.41, 5.74) is 1.24. The fourth-order valence-corrected chi connectivity index (χ4v) is 1.43. The van der Waals surface area contributed by atoms with E-state index < -0.39 is 0 Å². The van der Waals surface area contributed by atoms with Gasteiger partial charge >= 0.3 is 0 Å². The summed E-state index contributed by atoms with van der Waals surface area (Å²) in [6.07, 6.45) is 0.165. The van der Waals surface area contributed by atoms with Gasteiger partial charge in [0.25, 0.3) is 0 Å². The van der Waals surface area contributed by atoms with Crippen LogP contribution in [0.4, 0.5) is 0 Å². The van der Waals surface area contributed by atoms with Crippen molar-refractivity contribution in [1.29, 1.82) is 0 Å². The molecule has 1 rings (SSSR count). The first-order chi connectivity index (χ1) is 7.24. The Morgan fingerprint density at radius 3 is 2.40 bits per heavy atom.